The van der Waals surface area contributed by atoms with Crippen molar-refractivity contribution in [3.05, 3.63) is 35.4 Å². The molecule has 0 saturated carbocycles. The molecule has 1 rings (SSSR count). The molecule has 224 valence electrons. The molecule has 0 aliphatic carbocycles. The third kappa shape index (κ3) is 19.8. The molecule has 0 fully saturated rings. The first-order valence-corrected chi connectivity index (χ1v) is 16.6. The van der Waals surface area contributed by atoms with Gasteiger partial charge in [0.2, 0.25) is 0 Å². The molecule has 0 spiro atoms. The number of hydrogen-bond donors (Lipinski definition) is 0. The second kappa shape index (κ2) is 26.4. The van der Waals surface area contributed by atoms with Crippen molar-refractivity contribution in [2.24, 2.45) is 0 Å². The van der Waals surface area contributed by atoms with Crippen LogP contribution in [0.1, 0.15) is 182 Å². The van der Waals surface area contributed by atoms with Gasteiger partial charge in [-0.25, -0.2) is 9.59 Å². The van der Waals surface area contributed by atoms with E-state index in [4.69, 9.17) is 9.47 Å². The van der Waals surface area contributed by atoms with Gasteiger partial charge in [-0.1, -0.05) is 161 Å². The summed E-state index contributed by atoms with van der Waals surface area (Å²) in [5.41, 5.74) is 0.612. The minimum absolute atomic E-state index is 0.306. The van der Waals surface area contributed by atoms with E-state index in [1.165, 1.54) is 122 Å². The molecule has 0 aromatic heterocycles. The Morgan fingerprint density at radius 3 is 0.974 bits per heavy atom. The van der Waals surface area contributed by atoms with Crippen molar-refractivity contribution in [3.63, 3.8) is 0 Å². The van der Waals surface area contributed by atoms with E-state index in [-0.39, 0.29) is 0 Å². The monoisotopic (exact) mass is 544 g/mol. The molecule has 0 aliphatic heterocycles. The summed E-state index contributed by atoms with van der Waals surface area (Å²) < 4.78 is 11.0. The van der Waals surface area contributed by atoms with E-state index in [0.29, 0.717) is 24.3 Å². The van der Waals surface area contributed by atoms with Crippen molar-refractivity contribution < 1.29 is 19.1 Å². The van der Waals surface area contributed by atoms with E-state index < -0.39 is 11.9 Å². The van der Waals surface area contributed by atoms with Crippen LogP contribution in [0.25, 0.3) is 0 Å². The van der Waals surface area contributed by atoms with E-state index in [0.717, 1.165) is 25.7 Å². The smallest absolute Gasteiger partial charge is 0.339 e. The fourth-order valence-corrected chi connectivity index (χ4v) is 5.03. The first kappa shape index (κ1) is 35.2. The van der Waals surface area contributed by atoms with Crippen molar-refractivity contribution in [1.29, 1.82) is 0 Å². The van der Waals surface area contributed by atoms with Crippen molar-refractivity contribution >= 4 is 11.9 Å². The molecule has 1 aromatic rings. The fraction of sp³-hybridized carbons (Fsp3) is 0.771. The summed E-state index contributed by atoms with van der Waals surface area (Å²) in [5.74, 6) is -0.861. The Bertz CT molecular complexity index is 714. The van der Waals surface area contributed by atoms with Gasteiger partial charge in [0.15, 0.2) is 0 Å². The van der Waals surface area contributed by atoms with Gasteiger partial charge in [-0.2, -0.15) is 0 Å². The molecule has 0 radical (unpaired) electrons. The lowest BCUT2D eigenvalue weighted by Gasteiger charge is -2.10. The highest BCUT2D eigenvalue weighted by Gasteiger charge is 2.18. The molecular formula is C35H60O4. The Labute approximate surface area is 241 Å². The van der Waals surface area contributed by atoms with Crippen molar-refractivity contribution in [1.82, 2.24) is 0 Å². The van der Waals surface area contributed by atoms with Crippen LogP contribution in [0.4, 0.5) is 0 Å². The molecule has 39 heavy (non-hydrogen) atoms. The molecule has 4 heteroatoms. The maximum Gasteiger partial charge on any atom is 0.339 e. The van der Waals surface area contributed by atoms with Gasteiger partial charge >= 0.3 is 11.9 Å². The predicted octanol–water partition coefficient (Wildman–Crippen LogP) is 11.0. The van der Waals surface area contributed by atoms with Crippen LogP contribution >= 0.6 is 0 Å². The van der Waals surface area contributed by atoms with Gasteiger partial charge in [-0.15, -0.1) is 0 Å². The zero-order chi connectivity index (χ0) is 28.2. The summed E-state index contributed by atoms with van der Waals surface area (Å²) in [6.07, 6.45) is 29.1. The third-order valence-corrected chi connectivity index (χ3v) is 7.58. The lowest BCUT2D eigenvalue weighted by molar-refractivity contribution is 0.0450. The first-order valence-electron chi connectivity index (χ1n) is 16.6. The zero-order valence-corrected chi connectivity index (χ0v) is 25.6. The van der Waals surface area contributed by atoms with Crippen LogP contribution in [-0.4, -0.2) is 25.2 Å². The summed E-state index contributed by atoms with van der Waals surface area (Å²) in [6.45, 7) is 5.32. The maximum atomic E-state index is 12.6. The largest absolute Gasteiger partial charge is 0.462 e. The third-order valence-electron chi connectivity index (χ3n) is 7.58. The second-order valence-electron chi connectivity index (χ2n) is 11.2. The number of esters is 2. The van der Waals surface area contributed by atoms with Crippen LogP contribution in [0.15, 0.2) is 24.3 Å². The number of benzene rings is 1. The van der Waals surface area contributed by atoms with Crippen LogP contribution in [0, 0.1) is 0 Å². The summed E-state index contributed by atoms with van der Waals surface area (Å²) in [4.78, 5) is 25.2. The second-order valence-corrected chi connectivity index (χ2v) is 11.2. The van der Waals surface area contributed by atoms with E-state index in [9.17, 15) is 9.59 Å². The minimum Gasteiger partial charge on any atom is -0.462 e. The molecular weight excluding hydrogens is 484 g/mol. The quantitative estimate of drug-likeness (QED) is 0.0816. The van der Waals surface area contributed by atoms with Crippen molar-refractivity contribution in [2.45, 2.75) is 162 Å². The summed E-state index contributed by atoms with van der Waals surface area (Å²) in [6, 6.07) is 6.84. The maximum absolute atomic E-state index is 12.6. The molecule has 0 bridgehead atoms. The van der Waals surface area contributed by atoms with Gasteiger partial charge in [0.05, 0.1) is 24.3 Å². The molecule has 0 amide bonds. The van der Waals surface area contributed by atoms with Gasteiger partial charge in [-0.05, 0) is 25.0 Å². The van der Waals surface area contributed by atoms with Crippen molar-refractivity contribution in [3.8, 4) is 0 Å². The summed E-state index contributed by atoms with van der Waals surface area (Å²) in [7, 11) is 0. The van der Waals surface area contributed by atoms with Crippen LogP contribution in [0.2, 0.25) is 0 Å². The number of unbranched alkanes of at least 4 members (excludes halogenated alkanes) is 21. The number of rotatable bonds is 27. The average molecular weight is 545 g/mol. The number of carbonyl (C=O) groups is 2. The van der Waals surface area contributed by atoms with Crippen LogP contribution < -0.4 is 0 Å². The van der Waals surface area contributed by atoms with Crippen molar-refractivity contribution in [2.75, 3.05) is 13.2 Å². The molecule has 0 N–H and O–H groups in total. The lowest BCUT2D eigenvalue weighted by atomic mass is 10.1. The molecule has 0 aliphatic rings. The number of carbonyl (C=O) groups excluding carboxylic acids is 2. The van der Waals surface area contributed by atoms with Gasteiger partial charge in [0.25, 0.3) is 0 Å². The van der Waals surface area contributed by atoms with E-state index >= 15 is 0 Å². The lowest BCUT2D eigenvalue weighted by Crippen LogP contribution is -2.15. The molecule has 1 aromatic carbocycles. The van der Waals surface area contributed by atoms with E-state index in [2.05, 4.69) is 13.8 Å². The number of ether oxygens (including phenoxy) is 2. The SMILES string of the molecule is CCCCCCCCCCCCCCOC(=O)c1ccccc1C(=O)OCCCCCCCCCCCCC. The van der Waals surface area contributed by atoms with Gasteiger partial charge in [0, 0.05) is 0 Å². The topological polar surface area (TPSA) is 52.6 Å². The first-order chi connectivity index (χ1) is 19.2. The van der Waals surface area contributed by atoms with Gasteiger partial charge < -0.3 is 9.47 Å². The highest BCUT2D eigenvalue weighted by Crippen LogP contribution is 2.15. The molecule has 0 saturated heterocycles. The predicted molar refractivity (Wildman–Crippen MR) is 165 cm³/mol. The van der Waals surface area contributed by atoms with Gasteiger partial charge in [-0.3, -0.25) is 0 Å². The Hall–Kier alpha value is -1.84. The highest BCUT2D eigenvalue weighted by molar-refractivity contribution is 6.03. The average Bonchev–Trinajstić information content (AvgIpc) is 2.95. The van der Waals surface area contributed by atoms with Crippen LogP contribution in [-0.2, 0) is 9.47 Å². The zero-order valence-electron chi connectivity index (χ0n) is 25.6. The highest BCUT2D eigenvalue weighted by atomic mass is 16.5. The molecule has 0 unspecified atom stereocenters. The molecule has 0 atom stereocenters. The van der Waals surface area contributed by atoms with Crippen LogP contribution in [0.3, 0.4) is 0 Å². The molecule has 0 heterocycles. The van der Waals surface area contributed by atoms with E-state index in [1.807, 2.05) is 0 Å². The normalized spacial score (nSPS) is 11.0. The summed E-state index contributed by atoms with van der Waals surface area (Å²) in [5, 5.41) is 0. The fourth-order valence-electron chi connectivity index (χ4n) is 5.03. The Morgan fingerprint density at radius 2 is 0.692 bits per heavy atom. The van der Waals surface area contributed by atoms with Gasteiger partial charge in [0.1, 0.15) is 0 Å². The van der Waals surface area contributed by atoms with Crippen LogP contribution in [0.5, 0.6) is 0 Å². The standard InChI is InChI=1S/C35H60O4/c1-3-5-7-9-11-13-15-17-19-21-23-27-31-39-35(37)33-29-25-24-28-32(33)34(36)38-30-26-22-20-18-16-14-12-10-8-6-4-2/h24-25,28-29H,3-23,26-27,30-31H2,1-2H3. The molecule has 4 nitrogen and oxygen atoms in total. The van der Waals surface area contributed by atoms with E-state index in [1.54, 1.807) is 24.3 Å². The minimum atomic E-state index is -0.431. The Morgan fingerprint density at radius 1 is 0.436 bits per heavy atom. The number of hydrogen-bond acceptors (Lipinski definition) is 4. The summed E-state index contributed by atoms with van der Waals surface area (Å²) >= 11 is 0. The Kier molecular flexibility index (Phi) is 23.8. The Balaban J connectivity index is 2.10.